The molecular weight excluding hydrogens is 314 g/mol. The molecule has 136 valence electrons. The lowest BCUT2D eigenvalue weighted by molar-refractivity contribution is -0.126. The molecule has 7 heteroatoms. The molecule has 0 spiro atoms. The van der Waals surface area contributed by atoms with E-state index in [1.807, 2.05) is 6.92 Å². The van der Waals surface area contributed by atoms with Gasteiger partial charge in [0.1, 0.15) is 0 Å². The Hall–Kier alpha value is -0.660. The number of sulfonamides is 1. The molecule has 1 saturated heterocycles. The number of nitrogens with zero attached hydrogens (tertiary/aromatic N) is 2. The molecule has 0 radical (unpaired) electrons. The minimum atomic E-state index is -3.12. The maximum atomic E-state index is 12.2. The molecule has 0 aliphatic carbocycles. The summed E-state index contributed by atoms with van der Waals surface area (Å²) in [6.45, 7) is 7.55. The number of amides is 1. The molecule has 0 saturated carbocycles. The van der Waals surface area contributed by atoms with Gasteiger partial charge in [-0.25, -0.2) is 12.7 Å². The molecule has 1 amide bonds. The Morgan fingerprint density at radius 1 is 1.17 bits per heavy atom. The topological polar surface area (TPSA) is 69.7 Å². The monoisotopic (exact) mass is 347 g/mol. The fourth-order valence-electron chi connectivity index (χ4n) is 2.84. The van der Waals surface area contributed by atoms with E-state index in [0.717, 1.165) is 13.1 Å². The van der Waals surface area contributed by atoms with Crippen LogP contribution in [0.1, 0.15) is 46.0 Å². The molecule has 1 rings (SSSR count). The van der Waals surface area contributed by atoms with E-state index in [4.69, 9.17) is 0 Å². The molecule has 1 N–H and O–H groups in total. The van der Waals surface area contributed by atoms with E-state index in [1.165, 1.54) is 12.8 Å². The third-order valence-electron chi connectivity index (χ3n) is 4.37. The van der Waals surface area contributed by atoms with E-state index in [0.29, 0.717) is 38.9 Å². The van der Waals surface area contributed by atoms with Crippen molar-refractivity contribution in [3.8, 4) is 0 Å². The third-order valence-corrected chi connectivity index (χ3v) is 6.44. The van der Waals surface area contributed by atoms with Crippen molar-refractivity contribution in [3.63, 3.8) is 0 Å². The van der Waals surface area contributed by atoms with Gasteiger partial charge in [-0.3, -0.25) is 4.79 Å². The number of rotatable bonds is 10. The molecule has 0 unspecified atom stereocenters. The molecule has 1 aliphatic heterocycles. The molecule has 23 heavy (non-hydrogen) atoms. The summed E-state index contributed by atoms with van der Waals surface area (Å²) in [5, 5.41) is 2.99. The van der Waals surface area contributed by atoms with Crippen LogP contribution in [0.15, 0.2) is 0 Å². The van der Waals surface area contributed by atoms with Gasteiger partial charge in [-0.2, -0.15) is 0 Å². The van der Waals surface area contributed by atoms with Crippen molar-refractivity contribution in [1.82, 2.24) is 14.5 Å². The van der Waals surface area contributed by atoms with E-state index >= 15 is 0 Å². The molecule has 1 heterocycles. The zero-order valence-electron chi connectivity index (χ0n) is 14.9. The molecule has 0 aromatic rings. The minimum absolute atomic E-state index is 0.0518. The lowest BCUT2D eigenvalue weighted by Gasteiger charge is -2.30. The van der Waals surface area contributed by atoms with Crippen molar-refractivity contribution in [2.45, 2.75) is 46.0 Å². The summed E-state index contributed by atoms with van der Waals surface area (Å²) < 4.78 is 25.6. The van der Waals surface area contributed by atoms with Crippen LogP contribution in [0.5, 0.6) is 0 Å². The lowest BCUT2D eigenvalue weighted by Crippen LogP contribution is -2.44. The Morgan fingerprint density at radius 2 is 1.83 bits per heavy atom. The van der Waals surface area contributed by atoms with E-state index in [-0.39, 0.29) is 17.6 Å². The summed E-state index contributed by atoms with van der Waals surface area (Å²) in [6.07, 6.45) is 4.24. The van der Waals surface area contributed by atoms with Gasteiger partial charge in [0.15, 0.2) is 0 Å². The van der Waals surface area contributed by atoms with Crippen LogP contribution in [0.2, 0.25) is 0 Å². The van der Waals surface area contributed by atoms with Crippen molar-refractivity contribution in [2.24, 2.45) is 5.92 Å². The van der Waals surface area contributed by atoms with E-state index in [2.05, 4.69) is 24.2 Å². The van der Waals surface area contributed by atoms with Gasteiger partial charge in [0.2, 0.25) is 15.9 Å². The Bertz CT molecular complexity index is 445. The van der Waals surface area contributed by atoms with E-state index < -0.39 is 10.0 Å². The highest BCUT2D eigenvalue weighted by Crippen LogP contribution is 2.20. The second-order valence-corrected chi connectivity index (χ2v) is 8.53. The molecule has 6 nitrogen and oxygen atoms in total. The molecule has 0 aromatic carbocycles. The van der Waals surface area contributed by atoms with Crippen molar-refractivity contribution >= 4 is 15.9 Å². The van der Waals surface area contributed by atoms with Crippen LogP contribution in [-0.2, 0) is 14.8 Å². The summed E-state index contributed by atoms with van der Waals surface area (Å²) in [4.78, 5) is 14.4. The van der Waals surface area contributed by atoms with Gasteiger partial charge >= 0.3 is 0 Å². The van der Waals surface area contributed by atoms with Crippen LogP contribution in [-0.4, -0.2) is 69.1 Å². The van der Waals surface area contributed by atoms with E-state index in [1.54, 1.807) is 4.31 Å². The first kappa shape index (κ1) is 20.4. The van der Waals surface area contributed by atoms with Crippen molar-refractivity contribution in [2.75, 3.05) is 45.5 Å². The second kappa shape index (κ2) is 10.3. The summed E-state index contributed by atoms with van der Waals surface area (Å²) >= 11 is 0. The average molecular weight is 348 g/mol. The van der Waals surface area contributed by atoms with Crippen molar-refractivity contribution in [3.05, 3.63) is 0 Å². The first-order valence-electron chi connectivity index (χ1n) is 8.84. The highest BCUT2D eigenvalue weighted by molar-refractivity contribution is 7.89. The average Bonchev–Trinajstić information content (AvgIpc) is 2.53. The van der Waals surface area contributed by atoms with Crippen LogP contribution in [0.4, 0.5) is 0 Å². The number of carbonyl (C=O) groups is 1. The zero-order chi connectivity index (χ0) is 17.3. The van der Waals surface area contributed by atoms with Gasteiger partial charge in [0, 0.05) is 32.1 Å². The number of nitrogens with one attached hydrogen (secondary N) is 1. The number of hydrogen-bond donors (Lipinski definition) is 1. The number of likely N-dealkylation sites (N-methyl/N-ethyl adjacent to an activating group) is 1. The maximum absolute atomic E-state index is 12.2. The molecule has 0 atom stereocenters. The van der Waals surface area contributed by atoms with Crippen molar-refractivity contribution in [1.29, 1.82) is 0 Å². The van der Waals surface area contributed by atoms with Crippen LogP contribution in [0.25, 0.3) is 0 Å². The molecular formula is C16H33N3O3S. The smallest absolute Gasteiger partial charge is 0.223 e. The van der Waals surface area contributed by atoms with Crippen LogP contribution in [0, 0.1) is 5.92 Å². The maximum Gasteiger partial charge on any atom is 0.223 e. The summed E-state index contributed by atoms with van der Waals surface area (Å²) in [5.41, 5.74) is 0. The summed E-state index contributed by atoms with van der Waals surface area (Å²) in [6, 6.07) is 0. The summed E-state index contributed by atoms with van der Waals surface area (Å²) in [7, 11) is -1.06. The van der Waals surface area contributed by atoms with E-state index in [9.17, 15) is 13.2 Å². The fourth-order valence-corrected chi connectivity index (χ4v) is 4.38. The third kappa shape index (κ3) is 7.18. The highest BCUT2D eigenvalue weighted by atomic mass is 32.2. The van der Waals surface area contributed by atoms with Crippen LogP contribution >= 0.6 is 0 Å². The van der Waals surface area contributed by atoms with Gasteiger partial charge < -0.3 is 10.2 Å². The number of hydrogen-bond acceptors (Lipinski definition) is 4. The number of carbonyl (C=O) groups excluding carboxylic acids is 1. The molecule has 0 aromatic heterocycles. The lowest BCUT2D eigenvalue weighted by atomic mass is 9.97. The quantitative estimate of drug-likeness (QED) is 0.646. The first-order chi connectivity index (χ1) is 10.9. The zero-order valence-corrected chi connectivity index (χ0v) is 15.7. The predicted molar refractivity (Wildman–Crippen MR) is 93.8 cm³/mol. The SMILES string of the molecule is CCCCN(C)CCNC(=O)C1CCN(S(=O)(=O)CCC)CC1. The number of piperidine rings is 1. The fraction of sp³-hybridized carbons (Fsp3) is 0.938. The minimum Gasteiger partial charge on any atom is -0.355 e. The van der Waals surface area contributed by atoms with Gasteiger partial charge in [0.05, 0.1) is 5.75 Å². The Balaban J connectivity index is 2.27. The van der Waals surface area contributed by atoms with Crippen LogP contribution in [0.3, 0.4) is 0 Å². The normalized spacial score (nSPS) is 17.6. The summed E-state index contributed by atoms with van der Waals surface area (Å²) in [5.74, 6) is 0.221. The second-order valence-electron chi connectivity index (χ2n) is 6.44. The molecule has 1 fully saturated rings. The van der Waals surface area contributed by atoms with Gasteiger partial charge in [-0.15, -0.1) is 0 Å². The van der Waals surface area contributed by atoms with Gasteiger partial charge in [-0.1, -0.05) is 20.3 Å². The van der Waals surface area contributed by atoms with Gasteiger partial charge in [-0.05, 0) is 39.3 Å². The van der Waals surface area contributed by atoms with Crippen LogP contribution < -0.4 is 5.32 Å². The van der Waals surface area contributed by atoms with Crippen molar-refractivity contribution < 1.29 is 13.2 Å². The largest absolute Gasteiger partial charge is 0.355 e. The molecule has 0 bridgehead atoms. The highest BCUT2D eigenvalue weighted by Gasteiger charge is 2.30. The Morgan fingerprint density at radius 3 is 2.39 bits per heavy atom. The standard InChI is InChI=1S/C16H33N3O3S/c1-4-6-10-18(3)13-9-17-16(20)15-7-11-19(12-8-15)23(21,22)14-5-2/h15H,4-14H2,1-3H3,(H,17,20). The Kier molecular flexibility index (Phi) is 9.09. The predicted octanol–water partition coefficient (Wildman–Crippen LogP) is 1.29. The van der Waals surface area contributed by atoms with Gasteiger partial charge in [0.25, 0.3) is 0 Å². The molecule has 1 aliphatic rings. The number of unbranched alkanes of at least 4 members (excludes halogenated alkanes) is 1. The first-order valence-corrected chi connectivity index (χ1v) is 10.5. The Labute approximate surface area is 141 Å².